The Morgan fingerprint density at radius 2 is 1.60 bits per heavy atom. The zero-order chi connectivity index (χ0) is 48.1. The number of ether oxygens (including phenoxy) is 1. The van der Waals surface area contributed by atoms with Gasteiger partial charge in [-0.15, -0.1) is 32.9 Å². The van der Waals surface area contributed by atoms with Crippen molar-refractivity contribution >= 4 is 52.1 Å². The van der Waals surface area contributed by atoms with Crippen LogP contribution in [0.4, 0.5) is 0 Å². The summed E-state index contributed by atoms with van der Waals surface area (Å²) in [5, 5.41) is 26.6. The van der Waals surface area contributed by atoms with Crippen molar-refractivity contribution in [3.63, 3.8) is 0 Å². The molecule has 5 heterocycles. The third-order valence-electron chi connectivity index (χ3n) is 12.8. The molecule has 0 bridgehead atoms. The highest BCUT2D eigenvalue weighted by molar-refractivity contribution is 7.15. The van der Waals surface area contributed by atoms with Gasteiger partial charge in [0.05, 0.1) is 47.5 Å². The lowest BCUT2D eigenvalue weighted by molar-refractivity contribution is -0.142. The van der Waals surface area contributed by atoms with Crippen molar-refractivity contribution in [1.82, 2.24) is 35.3 Å². The number of methoxy groups -OCH3 is 1. The van der Waals surface area contributed by atoms with Crippen molar-refractivity contribution in [2.45, 2.75) is 105 Å². The number of aliphatic imine (C=N–C) groups is 1. The van der Waals surface area contributed by atoms with Crippen LogP contribution in [0.3, 0.4) is 0 Å². The standard InChI is InChI=1S/C51H56N8O6S2/c1-26-21-36(19-20-38(26)33-13-15-34(16-14-33)43-42-27(2)30(5)67-50(42)59-31(6)56-57-46(59)39(54-43)23-41(61)65-10)47(62)55-45(51(7,8)9)49(64)58-24-37(60)22-40(58)48(63)53-28(3)32-11-17-35(18-12-32)44-29(4)52-25-66-44/h11-21,25,28,37,39-40,45,60H,22-24H2,1-10H3,(H,53,63)(H,55,62)/t28-,37+,39-,40-,45+/m0/s1. The summed E-state index contributed by atoms with van der Waals surface area (Å²) in [6.07, 6.45) is -0.798. The number of fused-ring (bicyclic) bond motifs is 3. The zero-order valence-corrected chi connectivity index (χ0v) is 41.1. The number of rotatable bonds is 11. The maximum Gasteiger partial charge on any atom is 0.308 e. The maximum absolute atomic E-state index is 14.4. The van der Waals surface area contributed by atoms with E-state index >= 15 is 0 Å². The number of β-amino-alcohol motifs (C(OH)–C–C–N with tert-alkyl or cyclic N) is 1. The predicted octanol–water partition coefficient (Wildman–Crippen LogP) is 8.10. The van der Waals surface area contributed by atoms with E-state index in [0.29, 0.717) is 17.2 Å². The normalized spacial score (nSPS) is 17.7. The molecule has 6 aromatic rings. The van der Waals surface area contributed by atoms with Gasteiger partial charge in [0.2, 0.25) is 11.8 Å². The molecule has 3 amide bonds. The van der Waals surface area contributed by atoms with E-state index in [0.717, 1.165) is 70.7 Å². The van der Waals surface area contributed by atoms with Crippen LogP contribution in [0.15, 0.2) is 77.2 Å². The number of aliphatic hydroxyl groups excluding tert-OH is 1. The summed E-state index contributed by atoms with van der Waals surface area (Å²) in [4.78, 5) is 68.1. The summed E-state index contributed by atoms with van der Waals surface area (Å²) in [6.45, 7) is 17.4. The van der Waals surface area contributed by atoms with Crippen molar-refractivity contribution in [2.75, 3.05) is 13.7 Å². The van der Waals surface area contributed by atoms with Crippen LogP contribution >= 0.6 is 22.7 Å². The number of hydrogen-bond acceptors (Lipinski definition) is 12. The SMILES string of the molecule is COC(=O)C[C@@H]1N=C(c2ccc(-c3ccc(C(=O)N[C@H](C(=O)N4C[C@H](O)C[C@H]4C(=O)N[C@@H](C)c4ccc(-c5scnc5C)cc4)C(C)(C)C)cc3C)cc2)c2c(sc(C)c2C)-n2c(C)nnc21. The first kappa shape index (κ1) is 47.1. The van der Waals surface area contributed by atoms with Crippen LogP contribution < -0.4 is 10.6 Å². The van der Waals surface area contributed by atoms with Gasteiger partial charge in [-0.2, -0.15) is 0 Å². The highest BCUT2D eigenvalue weighted by Gasteiger charge is 2.45. The molecule has 0 unspecified atom stereocenters. The minimum absolute atomic E-state index is 0.0108. The molecule has 3 aromatic carbocycles. The largest absolute Gasteiger partial charge is 0.469 e. The number of aryl methyl sites for hydroxylation is 4. The Bertz CT molecular complexity index is 2910. The number of esters is 1. The van der Waals surface area contributed by atoms with Gasteiger partial charge in [0, 0.05) is 34.5 Å². The van der Waals surface area contributed by atoms with Gasteiger partial charge < -0.3 is 25.4 Å². The Morgan fingerprint density at radius 3 is 2.24 bits per heavy atom. The summed E-state index contributed by atoms with van der Waals surface area (Å²) in [7, 11) is 1.36. The Balaban J connectivity index is 0.983. The Hall–Kier alpha value is -6.36. The second-order valence-electron chi connectivity index (χ2n) is 18.6. The molecular weight excluding hydrogens is 885 g/mol. The van der Waals surface area contributed by atoms with E-state index < -0.39 is 47.4 Å². The number of nitrogens with zero attached hydrogens (tertiary/aromatic N) is 6. The van der Waals surface area contributed by atoms with Gasteiger partial charge in [0.1, 0.15) is 29.0 Å². The van der Waals surface area contributed by atoms with Crippen molar-refractivity contribution in [3.05, 3.63) is 128 Å². The van der Waals surface area contributed by atoms with Gasteiger partial charge in [-0.1, -0.05) is 75.4 Å². The van der Waals surface area contributed by atoms with Crippen LogP contribution in [0, 0.1) is 40.0 Å². The fourth-order valence-electron chi connectivity index (χ4n) is 8.93. The summed E-state index contributed by atoms with van der Waals surface area (Å²) in [5.74, 6) is -0.338. The molecule has 0 aliphatic carbocycles. The molecule has 0 spiro atoms. The van der Waals surface area contributed by atoms with Crippen LogP contribution in [-0.4, -0.2) is 91.0 Å². The van der Waals surface area contributed by atoms with Gasteiger partial charge in [0.25, 0.3) is 5.91 Å². The third kappa shape index (κ3) is 9.34. The first-order valence-corrected chi connectivity index (χ1v) is 24.0. The van der Waals surface area contributed by atoms with Crippen LogP contribution in [0.1, 0.15) is 113 Å². The molecule has 0 radical (unpaired) electrons. The molecule has 348 valence electrons. The van der Waals surface area contributed by atoms with E-state index in [4.69, 9.17) is 9.73 Å². The number of amides is 3. The number of aliphatic hydroxyl groups is 1. The number of hydrogen-bond donors (Lipinski definition) is 3. The van der Waals surface area contributed by atoms with Crippen LogP contribution in [0.5, 0.6) is 0 Å². The second-order valence-corrected chi connectivity index (χ2v) is 20.6. The molecule has 1 saturated heterocycles. The van der Waals surface area contributed by atoms with Gasteiger partial charge in [-0.25, -0.2) is 4.98 Å². The number of thiazole rings is 1. The second kappa shape index (κ2) is 18.7. The first-order valence-electron chi connectivity index (χ1n) is 22.3. The molecule has 67 heavy (non-hydrogen) atoms. The zero-order valence-electron chi connectivity index (χ0n) is 39.4. The molecule has 2 aliphatic rings. The van der Waals surface area contributed by atoms with E-state index in [1.54, 1.807) is 34.8 Å². The molecule has 16 heteroatoms. The minimum atomic E-state index is -0.997. The average Bonchev–Trinajstić information content (AvgIpc) is 4.07. The Kier molecular flexibility index (Phi) is 13.2. The fourth-order valence-corrected chi connectivity index (χ4v) is 11.0. The summed E-state index contributed by atoms with van der Waals surface area (Å²) < 4.78 is 7.04. The predicted molar refractivity (Wildman–Crippen MR) is 261 cm³/mol. The van der Waals surface area contributed by atoms with Gasteiger partial charge in [-0.3, -0.25) is 28.7 Å². The smallest absolute Gasteiger partial charge is 0.308 e. The third-order valence-corrected chi connectivity index (χ3v) is 15.0. The lowest BCUT2D eigenvalue weighted by Gasteiger charge is -2.35. The van der Waals surface area contributed by atoms with E-state index in [-0.39, 0.29) is 31.3 Å². The topological polar surface area (TPSA) is 181 Å². The van der Waals surface area contributed by atoms with Crippen LogP contribution in [-0.2, 0) is 19.1 Å². The molecule has 2 aliphatic heterocycles. The van der Waals surface area contributed by atoms with Crippen LogP contribution in [0.25, 0.3) is 26.6 Å². The lowest BCUT2D eigenvalue weighted by atomic mass is 9.85. The monoisotopic (exact) mass is 940 g/mol. The Labute approximate surface area is 398 Å². The van der Waals surface area contributed by atoms with Crippen molar-refractivity contribution in [3.8, 4) is 26.6 Å². The maximum atomic E-state index is 14.4. The number of nitrogens with one attached hydrogen (secondary N) is 2. The first-order chi connectivity index (χ1) is 31.8. The number of thiophene rings is 1. The molecular formula is C51H56N8O6S2. The quantitative estimate of drug-likeness (QED) is 0.108. The van der Waals surface area contributed by atoms with Gasteiger partial charge in [0.15, 0.2) is 5.82 Å². The van der Waals surface area contributed by atoms with Crippen molar-refractivity contribution in [2.24, 2.45) is 10.4 Å². The molecule has 3 aromatic heterocycles. The van der Waals surface area contributed by atoms with E-state index in [2.05, 4.69) is 39.7 Å². The minimum Gasteiger partial charge on any atom is -0.469 e. The molecule has 8 rings (SSSR count). The summed E-state index contributed by atoms with van der Waals surface area (Å²) in [6, 6.07) is 18.6. The van der Waals surface area contributed by atoms with Gasteiger partial charge >= 0.3 is 5.97 Å². The van der Waals surface area contributed by atoms with Crippen LogP contribution in [0.2, 0.25) is 0 Å². The number of carbonyl (C=O) groups excluding carboxylic acids is 4. The highest BCUT2D eigenvalue weighted by atomic mass is 32.1. The lowest BCUT2D eigenvalue weighted by Crippen LogP contribution is -2.57. The molecule has 14 nitrogen and oxygen atoms in total. The van der Waals surface area contributed by atoms with E-state index in [9.17, 15) is 24.3 Å². The number of benzene rings is 3. The van der Waals surface area contributed by atoms with Gasteiger partial charge in [-0.05, 0) is 92.5 Å². The molecule has 1 fully saturated rings. The summed E-state index contributed by atoms with van der Waals surface area (Å²) in [5.41, 5.74) is 10.8. The van der Waals surface area contributed by atoms with Crippen molar-refractivity contribution in [1.29, 1.82) is 0 Å². The fraction of sp³-hybridized carbons (Fsp3) is 0.373. The molecule has 0 saturated carbocycles. The van der Waals surface area contributed by atoms with E-state index in [1.165, 1.54) is 12.0 Å². The van der Waals surface area contributed by atoms with E-state index in [1.807, 2.05) is 113 Å². The number of aromatic nitrogens is 4. The van der Waals surface area contributed by atoms with Crippen molar-refractivity contribution < 1.29 is 29.0 Å². The Morgan fingerprint density at radius 1 is 0.910 bits per heavy atom. The molecule has 5 atom stereocenters. The summed E-state index contributed by atoms with van der Waals surface area (Å²) >= 11 is 3.22. The molecule has 3 N–H and O–H groups in total. The number of likely N-dealkylation sites (tertiary alicyclic amines) is 1. The highest BCUT2D eigenvalue weighted by Crippen LogP contribution is 2.40. The average molecular weight is 941 g/mol. The number of carbonyl (C=O) groups is 4.